The van der Waals surface area contributed by atoms with Crippen molar-refractivity contribution in [3.63, 3.8) is 0 Å². The van der Waals surface area contributed by atoms with Gasteiger partial charge in [0, 0.05) is 11.6 Å². The third-order valence-corrected chi connectivity index (χ3v) is 3.05. The zero-order valence-electron chi connectivity index (χ0n) is 13.1. The fraction of sp³-hybridized carbons (Fsp3) is 0.278. The molecule has 0 saturated heterocycles. The summed E-state index contributed by atoms with van der Waals surface area (Å²) in [6.07, 6.45) is 0.801. The van der Waals surface area contributed by atoms with Crippen LogP contribution in [0.15, 0.2) is 48.5 Å². The van der Waals surface area contributed by atoms with Crippen molar-refractivity contribution in [1.82, 2.24) is 0 Å². The fourth-order valence-electron chi connectivity index (χ4n) is 1.87. The molecule has 0 radical (unpaired) electrons. The van der Waals surface area contributed by atoms with Gasteiger partial charge in [0.2, 0.25) is 0 Å². The van der Waals surface area contributed by atoms with Gasteiger partial charge in [-0.05, 0) is 36.4 Å². The summed E-state index contributed by atoms with van der Waals surface area (Å²) >= 11 is 0. The quantitative estimate of drug-likeness (QED) is 0.498. The molecule has 122 valence electrons. The Kier molecular flexibility index (Phi) is 6.94. The predicted molar refractivity (Wildman–Crippen MR) is 86.6 cm³/mol. The fourth-order valence-corrected chi connectivity index (χ4v) is 1.87. The number of carbonyl (C=O) groups is 1. The highest BCUT2D eigenvalue weighted by atomic mass is 16.5. The van der Waals surface area contributed by atoms with Gasteiger partial charge < -0.3 is 18.9 Å². The van der Waals surface area contributed by atoms with Crippen molar-refractivity contribution in [2.24, 2.45) is 0 Å². The van der Waals surface area contributed by atoms with Crippen molar-refractivity contribution in [2.75, 3.05) is 33.5 Å². The molecular weight excluding hydrogens is 296 g/mol. The first kappa shape index (κ1) is 16.8. The Morgan fingerprint density at radius 1 is 0.826 bits per heavy atom. The molecule has 2 aromatic rings. The van der Waals surface area contributed by atoms with Crippen molar-refractivity contribution in [3.05, 3.63) is 54.1 Å². The summed E-state index contributed by atoms with van der Waals surface area (Å²) in [5.74, 6) is 2.23. The molecular formula is C18H20O5. The lowest BCUT2D eigenvalue weighted by atomic mass is 10.2. The average Bonchev–Trinajstić information content (AvgIpc) is 2.61. The number of ether oxygens (including phenoxy) is 4. The minimum Gasteiger partial charge on any atom is -0.497 e. The number of aldehydes is 1. The van der Waals surface area contributed by atoms with Crippen LogP contribution >= 0.6 is 0 Å². The van der Waals surface area contributed by atoms with E-state index in [9.17, 15) is 4.79 Å². The number of carbonyl (C=O) groups excluding carboxylic acids is 1. The molecule has 0 atom stereocenters. The number of hydrogen-bond acceptors (Lipinski definition) is 5. The monoisotopic (exact) mass is 316 g/mol. The Bertz CT molecular complexity index is 595. The number of rotatable bonds is 10. The summed E-state index contributed by atoms with van der Waals surface area (Å²) in [6, 6.07) is 14.4. The highest BCUT2D eigenvalue weighted by Gasteiger charge is 1.98. The lowest BCUT2D eigenvalue weighted by Gasteiger charge is -2.09. The number of benzene rings is 2. The molecule has 0 heterocycles. The molecule has 2 aromatic carbocycles. The third kappa shape index (κ3) is 6.00. The zero-order valence-corrected chi connectivity index (χ0v) is 13.1. The maximum atomic E-state index is 10.5. The standard InChI is InChI=1S/C18H20O5/c1-20-17-3-2-4-18(13-17)23-12-10-21-9-11-22-16-7-5-15(14-19)6-8-16/h2-8,13-14H,9-12H2,1H3. The van der Waals surface area contributed by atoms with Crippen LogP contribution in [-0.4, -0.2) is 39.8 Å². The summed E-state index contributed by atoms with van der Waals surface area (Å²) in [6.45, 7) is 1.85. The maximum absolute atomic E-state index is 10.5. The van der Waals surface area contributed by atoms with Gasteiger partial charge in [0.1, 0.15) is 36.7 Å². The van der Waals surface area contributed by atoms with Crippen LogP contribution in [0.4, 0.5) is 0 Å². The van der Waals surface area contributed by atoms with Crippen LogP contribution in [0.1, 0.15) is 10.4 Å². The van der Waals surface area contributed by atoms with Gasteiger partial charge in [-0.1, -0.05) is 6.07 Å². The normalized spacial score (nSPS) is 10.1. The van der Waals surface area contributed by atoms with Crippen molar-refractivity contribution in [3.8, 4) is 17.2 Å². The van der Waals surface area contributed by atoms with E-state index < -0.39 is 0 Å². The lowest BCUT2D eigenvalue weighted by Crippen LogP contribution is -2.12. The van der Waals surface area contributed by atoms with E-state index in [1.807, 2.05) is 24.3 Å². The molecule has 2 rings (SSSR count). The van der Waals surface area contributed by atoms with E-state index in [0.29, 0.717) is 37.7 Å². The predicted octanol–water partition coefficient (Wildman–Crippen LogP) is 2.98. The minimum atomic E-state index is 0.444. The van der Waals surface area contributed by atoms with Crippen LogP contribution in [0.2, 0.25) is 0 Å². The summed E-state index contributed by atoms with van der Waals surface area (Å²) in [5.41, 5.74) is 0.628. The van der Waals surface area contributed by atoms with Gasteiger partial charge in [0.25, 0.3) is 0 Å². The molecule has 0 amide bonds. The second-order valence-corrected chi connectivity index (χ2v) is 4.68. The van der Waals surface area contributed by atoms with Gasteiger partial charge in [0.15, 0.2) is 0 Å². The topological polar surface area (TPSA) is 54.0 Å². The van der Waals surface area contributed by atoms with Gasteiger partial charge in [-0.15, -0.1) is 0 Å². The lowest BCUT2D eigenvalue weighted by molar-refractivity contribution is 0.0764. The highest BCUT2D eigenvalue weighted by molar-refractivity contribution is 5.74. The Labute approximate surface area is 135 Å². The largest absolute Gasteiger partial charge is 0.497 e. The van der Waals surface area contributed by atoms with Gasteiger partial charge in [-0.25, -0.2) is 0 Å². The van der Waals surface area contributed by atoms with E-state index in [2.05, 4.69) is 0 Å². The first-order valence-corrected chi connectivity index (χ1v) is 7.34. The molecule has 0 aromatic heterocycles. The summed E-state index contributed by atoms with van der Waals surface area (Å²) in [7, 11) is 1.62. The zero-order chi connectivity index (χ0) is 16.3. The molecule has 0 saturated carbocycles. The molecule has 0 aliphatic heterocycles. The third-order valence-electron chi connectivity index (χ3n) is 3.05. The Balaban J connectivity index is 1.56. The van der Waals surface area contributed by atoms with Crippen molar-refractivity contribution in [2.45, 2.75) is 0 Å². The molecule has 0 fully saturated rings. The molecule has 5 nitrogen and oxygen atoms in total. The first-order valence-electron chi connectivity index (χ1n) is 7.34. The number of methoxy groups -OCH3 is 1. The molecule has 0 bridgehead atoms. The van der Waals surface area contributed by atoms with E-state index in [0.717, 1.165) is 17.8 Å². The summed E-state index contributed by atoms with van der Waals surface area (Å²) in [5, 5.41) is 0. The van der Waals surface area contributed by atoms with E-state index >= 15 is 0 Å². The summed E-state index contributed by atoms with van der Waals surface area (Å²) in [4.78, 5) is 10.5. The molecule has 0 N–H and O–H groups in total. The SMILES string of the molecule is COc1cccc(OCCOCCOc2ccc(C=O)cc2)c1. The van der Waals surface area contributed by atoms with Gasteiger partial charge in [-0.2, -0.15) is 0 Å². The highest BCUT2D eigenvalue weighted by Crippen LogP contribution is 2.18. The smallest absolute Gasteiger partial charge is 0.150 e. The second kappa shape index (κ2) is 9.48. The van der Waals surface area contributed by atoms with Crippen LogP contribution in [0.5, 0.6) is 17.2 Å². The molecule has 5 heteroatoms. The molecule has 0 aliphatic rings. The summed E-state index contributed by atoms with van der Waals surface area (Å²) < 4.78 is 21.6. The van der Waals surface area contributed by atoms with Crippen LogP contribution in [0.25, 0.3) is 0 Å². The van der Waals surface area contributed by atoms with Crippen molar-refractivity contribution in [1.29, 1.82) is 0 Å². The van der Waals surface area contributed by atoms with Gasteiger partial charge in [-0.3, -0.25) is 4.79 Å². The molecule has 0 spiro atoms. The van der Waals surface area contributed by atoms with Crippen LogP contribution in [0, 0.1) is 0 Å². The second-order valence-electron chi connectivity index (χ2n) is 4.68. The minimum absolute atomic E-state index is 0.444. The first-order chi connectivity index (χ1) is 11.3. The Hall–Kier alpha value is -2.53. The Morgan fingerprint density at radius 2 is 1.48 bits per heavy atom. The maximum Gasteiger partial charge on any atom is 0.150 e. The molecule has 23 heavy (non-hydrogen) atoms. The molecule has 0 unspecified atom stereocenters. The van der Waals surface area contributed by atoms with E-state index in [1.165, 1.54) is 0 Å². The van der Waals surface area contributed by atoms with E-state index in [4.69, 9.17) is 18.9 Å². The molecule has 0 aliphatic carbocycles. The number of hydrogen-bond donors (Lipinski definition) is 0. The van der Waals surface area contributed by atoms with Gasteiger partial charge >= 0.3 is 0 Å². The van der Waals surface area contributed by atoms with Gasteiger partial charge in [0.05, 0.1) is 20.3 Å². The van der Waals surface area contributed by atoms with Crippen LogP contribution in [0.3, 0.4) is 0 Å². The van der Waals surface area contributed by atoms with Crippen molar-refractivity contribution >= 4 is 6.29 Å². The van der Waals surface area contributed by atoms with Crippen molar-refractivity contribution < 1.29 is 23.7 Å². The Morgan fingerprint density at radius 3 is 2.13 bits per heavy atom. The van der Waals surface area contributed by atoms with Crippen LogP contribution < -0.4 is 14.2 Å². The average molecular weight is 316 g/mol. The van der Waals surface area contributed by atoms with E-state index in [-0.39, 0.29) is 0 Å². The van der Waals surface area contributed by atoms with Crippen LogP contribution in [-0.2, 0) is 4.74 Å². The van der Waals surface area contributed by atoms with E-state index in [1.54, 1.807) is 31.4 Å².